The Balaban J connectivity index is 0.000000606. The van der Waals surface area contributed by atoms with Gasteiger partial charge in [0, 0.05) is 37.1 Å². The first-order chi connectivity index (χ1) is 7.61. The van der Waals surface area contributed by atoms with Gasteiger partial charge in [-0.1, -0.05) is 13.8 Å². The molecule has 1 aromatic rings. The van der Waals surface area contributed by atoms with Gasteiger partial charge in [-0.25, -0.2) is 0 Å². The summed E-state index contributed by atoms with van der Waals surface area (Å²) in [5.41, 5.74) is 3.16. The summed E-state index contributed by atoms with van der Waals surface area (Å²) in [4.78, 5) is 14.1. The molecule has 0 N–H and O–H groups in total. The molecular weight excluding hydrogens is 200 g/mol. The third-order valence-electron chi connectivity index (χ3n) is 3.08. The van der Waals surface area contributed by atoms with Crippen LogP contribution in [-0.4, -0.2) is 17.7 Å². The highest BCUT2D eigenvalue weighted by Crippen LogP contribution is 2.23. The van der Waals surface area contributed by atoms with Crippen molar-refractivity contribution in [2.24, 2.45) is 7.05 Å². The summed E-state index contributed by atoms with van der Waals surface area (Å²) in [6, 6.07) is 2.11. The zero-order valence-corrected chi connectivity index (χ0v) is 11.0. The number of pyridine rings is 1. The Labute approximate surface area is 97.7 Å². The smallest absolute Gasteiger partial charge is 0.255 e. The maximum atomic E-state index is 11.8. The zero-order valence-electron chi connectivity index (χ0n) is 11.0. The van der Waals surface area contributed by atoms with Gasteiger partial charge >= 0.3 is 0 Å². The van der Waals surface area contributed by atoms with Gasteiger partial charge in [-0.05, 0) is 26.3 Å². The van der Waals surface area contributed by atoms with E-state index in [1.54, 1.807) is 4.57 Å². The normalized spacial score (nSPS) is 13.9. The summed E-state index contributed by atoms with van der Waals surface area (Å²) in [6.07, 6.45) is 1.24. The van der Waals surface area contributed by atoms with E-state index in [1.165, 1.54) is 6.42 Å². The Hall–Kier alpha value is -1.25. The second kappa shape index (κ2) is 5.19. The van der Waals surface area contributed by atoms with Crippen LogP contribution in [0.5, 0.6) is 0 Å². The largest absolute Gasteiger partial charge is 0.371 e. The maximum Gasteiger partial charge on any atom is 0.255 e. The van der Waals surface area contributed by atoms with E-state index in [4.69, 9.17) is 0 Å². The van der Waals surface area contributed by atoms with E-state index < -0.39 is 0 Å². The molecule has 0 amide bonds. The Bertz CT molecular complexity index is 417. The summed E-state index contributed by atoms with van der Waals surface area (Å²) in [6.45, 7) is 10.1. The van der Waals surface area contributed by atoms with Crippen molar-refractivity contribution in [2.75, 3.05) is 18.0 Å². The fraction of sp³-hybridized carbons (Fsp3) is 0.615. The Morgan fingerprint density at radius 1 is 1.19 bits per heavy atom. The monoisotopic (exact) mass is 222 g/mol. The lowest BCUT2D eigenvalue weighted by atomic mass is 10.1. The van der Waals surface area contributed by atoms with Gasteiger partial charge in [-0.3, -0.25) is 4.79 Å². The average Bonchev–Trinajstić information content (AvgIpc) is 2.23. The molecule has 1 aliphatic heterocycles. The number of hydrogen-bond acceptors (Lipinski definition) is 2. The third kappa shape index (κ3) is 2.13. The van der Waals surface area contributed by atoms with Crippen molar-refractivity contribution in [2.45, 2.75) is 34.1 Å². The van der Waals surface area contributed by atoms with Crippen LogP contribution in [0.1, 0.15) is 31.5 Å². The van der Waals surface area contributed by atoms with Gasteiger partial charge < -0.3 is 9.47 Å². The van der Waals surface area contributed by atoms with E-state index >= 15 is 0 Å². The molecule has 1 saturated heterocycles. The highest BCUT2D eigenvalue weighted by atomic mass is 16.1. The van der Waals surface area contributed by atoms with Gasteiger partial charge in [-0.15, -0.1) is 0 Å². The fourth-order valence-electron chi connectivity index (χ4n) is 1.81. The molecule has 0 atom stereocenters. The summed E-state index contributed by atoms with van der Waals surface area (Å²) in [5, 5.41) is 0. The van der Waals surface area contributed by atoms with Crippen LogP contribution in [-0.2, 0) is 7.05 Å². The van der Waals surface area contributed by atoms with Crippen LogP contribution < -0.4 is 10.5 Å². The first kappa shape index (κ1) is 12.8. The van der Waals surface area contributed by atoms with E-state index in [9.17, 15) is 4.79 Å². The van der Waals surface area contributed by atoms with Crippen LogP contribution >= 0.6 is 0 Å². The topological polar surface area (TPSA) is 25.2 Å². The molecule has 0 aliphatic carbocycles. The number of nitrogens with zero attached hydrogens (tertiary/aromatic N) is 2. The van der Waals surface area contributed by atoms with Gasteiger partial charge in [0.2, 0.25) is 0 Å². The van der Waals surface area contributed by atoms with Gasteiger partial charge in [-0.2, -0.15) is 0 Å². The van der Waals surface area contributed by atoms with Crippen molar-refractivity contribution in [3.63, 3.8) is 0 Å². The molecule has 2 rings (SSSR count). The number of aryl methyl sites for hydroxylation is 1. The molecule has 0 saturated carbocycles. The van der Waals surface area contributed by atoms with Crippen molar-refractivity contribution in [3.8, 4) is 0 Å². The number of rotatable bonds is 1. The lowest BCUT2D eigenvalue weighted by molar-refractivity contribution is 0.613. The first-order valence-electron chi connectivity index (χ1n) is 6.03. The minimum absolute atomic E-state index is 0.131. The lowest BCUT2D eigenvalue weighted by Gasteiger charge is -2.34. The van der Waals surface area contributed by atoms with Crippen molar-refractivity contribution in [3.05, 3.63) is 27.7 Å². The highest BCUT2D eigenvalue weighted by Gasteiger charge is 2.18. The van der Waals surface area contributed by atoms with Crippen molar-refractivity contribution in [1.82, 2.24) is 4.57 Å². The molecule has 1 aromatic heterocycles. The lowest BCUT2D eigenvalue weighted by Crippen LogP contribution is -2.39. The van der Waals surface area contributed by atoms with E-state index in [0.717, 1.165) is 30.0 Å². The number of hydrogen-bond donors (Lipinski definition) is 0. The second-order valence-electron chi connectivity index (χ2n) is 4.00. The molecule has 3 nitrogen and oxygen atoms in total. The van der Waals surface area contributed by atoms with E-state index in [-0.39, 0.29) is 5.56 Å². The zero-order chi connectivity index (χ0) is 12.3. The van der Waals surface area contributed by atoms with Crippen LogP contribution in [0.25, 0.3) is 0 Å². The van der Waals surface area contributed by atoms with E-state index in [0.29, 0.717) is 0 Å². The highest BCUT2D eigenvalue weighted by molar-refractivity contribution is 5.54. The average molecular weight is 222 g/mol. The molecule has 0 unspecified atom stereocenters. The molecule has 2 heterocycles. The SMILES string of the molecule is CC.Cc1c(N2CCC2)cc(C)n(C)c1=O. The quantitative estimate of drug-likeness (QED) is 0.728. The van der Waals surface area contributed by atoms with Crippen molar-refractivity contribution >= 4 is 5.69 Å². The Morgan fingerprint density at radius 3 is 2.19 bits per heavy atom. The van der Waals surface area contributed by atoms with Gasteiger partial charge in [0.1, 0.15) is 0 Å². The minimum Gasteiger partial charge on any atom is -0.371 e. The summed E-state index contributed by atoms with van der Waals surface area (Å²) in [7, 11) is 1.82. The molecule has 3 heteroatoms. The van der Waals surface area contributed by atoms with Crippen LogP contribution in [0.15, 0.2) is 10.9 Å². The molecule has 1 fully saturated rings. The summed E-state index contributed by atoms with van der Waals surface area (Å²) < 4.78 is 1.71. The number of anilines is 1. The summed E-state index contributed by atoms with van der Waals surface area (Å²) >= 11 is 0. The molecule has 0 aromatic carbocycles. The number of aromatic nitrogens is 1. The standard InChI is InChI=1S/C11H16N2O.C2H6/c1-8-7-10(13-5-4-6-13)9(2)11(14)12(8)3;1-2/h7H,4-6H2,1-3H3;1-2H3. The second-order valence-corrected chi connectivity index (χ2v) is 4.00. The summed E-state index contributed by atoms with van der Waals surface area (Å²) in [5.74, 6) is 0. The molecule has 16 heavy (non-hydrogen) atoms. The minimum atomic E-state index is 0.131. The van der Waals surface area contributed by atoms with Crippen LogP contribution in [0.4, 0.5) is 5.69 Å². The predicted molar refractivity (Wildman–Crippen MR) is 69.3 cm³/mol. The molecule has 0 bridgehead atoms. The van der Waals surface area contributed by atoms with E-state index in [2.05, 4.69) is 11.0 Å². The fourth-order valence-corrected chi connectivity index (χ4v) is 1.81. The van der Waals surface area contributed by atoms with Crippen LogP contribution in [0.2, 0.25) is 0 Å². The first-order valence-corrected chi connectivity index (χ1v) is 6.03. The van der Waals surface area contributed by atoms with Crippen molar-refractivity contribution < 1.29 is 0 Å². The van der Waals surface area contributed by atoms with Gasteiger partial charge in [0.15, 0.2) is 0 Å². The third-order valence-corrected chi connectivity index (χ3v) is 3.08. The molecule has 90 valence electrons. The molecule has 1 aliphatic rings. The van der Waals surface area contributed by atoms with Crippen molar-refractivity contribution in [1.29, 1.82) is 0 Å². The molecule has 0 spiro atoms. The molecular formula is C13H22N2O. The molecule has 0 radical (unpaired) electrons. The maximum absolute atomic E-state index is 11.8. The van der Waals surface area contributed by atoms with Crippen LogP contribution in [0, 0.1) is 13.8 Å². The van der Waals surface area contributed by atoms with Gasteiger partial charge in [0.25, 0.3) is 5.56 Å². The Kier molecular flexibility index (Phi) is 4.16. The Morgan fingerprint density at radius 2 is 1.75 bits per heavy atom. The van der Waals surface area contributed by atoms with Gasteiger partial charge in [0.05, 0.1) is 0 Å². The van der Waals surface area contributed by atoms with Crippen LogP contribution in [0.3, 0.4) is 0 Å². The predicted octanol–water partition coefficient (Wildman–Crippen LogP) is 2.24. The van der Waals surface area contributed by atoms with E-state index in [1.807, 2.05) is 34.7 Å².